The molecular weight excluding hydrogens is 325 g/mol. The van der Waals surface area contributed by atoms with Gasteiger partial charge in [0.1, 0.15) is 17.2 Å². The van der Waals surface area contributed by atoms with Gasteiger partial charge in [-0.2, -0.15) is 13.2 Å². The Morgan fingerprint density at radius 2 is 1.79 bits per heavy atom. The van der Waals surface area contributed by atoms with Gasteiger partial charge in [0, 0.05) is 0 Å². The highest BCUT2D eigenvalue weighted by Crippen LogP contribution is 2.41. The molecule has 1 aliphatic heterocycles. The number of hydrogen-bond donors (Lipinski definition) is 1. The molecule has 0 radical (unpaired) electrons. The number of fused-ring (bicyclic) bond motifs is 1. The summed E-state index contributed by atoms with van der Waals surface area (Å²) in [5.74, 6) is -1.11. The normalized spacial score (nSPS) is 16.6. The minimum Gasteiger partial charge on any atom is -0.478 e. The van der Waals surface area contributed by atoms with Crippen molar-refractivity contribution < 1.29 is 32.5 Å². The van der Waals surface area contributed by atoms with E-state index in [-0.39, 0.29) is 17.1 Å². The Morgan fingerprint density at radius 3 is 2.42 bits per heavy atom. The third-order valence-electron chi connectivity index (χ3n) is 3.37. The number of para-hydroxylation sites is 1. The average Bonchev–Trinajstić information content (AvgIpc) is 2.54. The fraction of sp³-hybridized carbons (Fsp3) is 0.118. The number of aliphatic carboxylic acids is 1. The molecule has 7 heteroatoms. The van der Waals surface area contributed by atoms with E-state index in [4.69, 9.17) is 14.6 Å². The van der Waals surface area contributed by atoms with Gasteiger partial charge in [0.2, 0.25) is 6.10 Å². The van der Waals surface area contributed by atoms with Gasteiger partial charge in [0.05, 0.1) is 11.1 Å². The van der Waals surface area contributed by atoms with Gasteiger partial charge in [-0.1, -0.05) is 24.3 Å². The van der Waals surface area contributed by atoms with Crippen molar-refractivity contribution in [2.75, 3.05) is 0 Å². The highest BCUT2D eigenvalue weighted by Gasteiger charge is 2.48. The van der Waals surface area contributed by atoms with Crippen LogP contribution in [0.4, 0.5) is 13.2 Å². The lowest BCUT2D eigenvalue weighted by Crippen LogP contribution is -2.40. The van der Waals surface area contributed by atoms with Gasteiger partial charge in [-0.15, -0.1) is 0 Å². The maximum atomic E-state index is 13.0. The lowest BCUT2D eigenvalue weighted by atomic mass is 10.0. The standard InChI is InChI=1S/C17H11F3O4/c18-17(19,20)15-12(16(21)22)9-11-13(7-4-8-14(11)24-15)23-10-5-2-1-3-6-10/h1-9,15H,(H,21,22)/t15-/m1/s1. The Balaban J connectivity index is 2.05. The third-order valence-corrected chi connectivity index (χ3v) is 3.37. The molecule has 24 heavy (non-hydrogen) atoms. The molecule has 1 aliphatic rings. The molecule has 1 heterocycles. The molecule has 2 aromatic carbocycles. The summed E-state index contributed by atoms with van der Waals surface area (Å²) in [6.07, 6.45) is -6.41. The van der Waals surface area contributed by atoms with E-state index in [2.05, 4.69) is 0 Å². The smallest absolute Gasteiger partial charge is 0.430 e. The van der Waals surface area contributed by atoms with Crippen molar-refractivity contribution in [1.82, 2.24) is 0 Å². The van der Waals surface area contributed by atoms with E-state index in [1.807, 2.05) is 0 Å². The monoisotopic (exact) mass is 336 g/mol. The van der Waals surface area contributed by atoms with E-state index in [0.717, 1.165) is 6.08 Å². The largest absolute Gasteiger partial charge is 0.478 e. The fourth-order valence-electron chi connectivity index (χ4n) is 2.31. The molecule has 0 spiro atoms. The molecule has 0 bridgehead atoms. The van der Waals surface area contributed by atoms with Crippen LogP contribution in [-0.2, 0) is 4.79 Å². The molecule has 0 amide bonds. The highest BCUT2D eigenvalue weighted by atomic mass is 19.4. The number of ether oxygens (including phenoxy) is 2. The van der Waals surface area contributed by atoms with Crippen LogP contribution < -0.4 is 9.47 Å². The molecule has 3 rings (SSSR count). The number of alkyl halides is 3. The van der Waals surface area contributed by atoms with Gasteiger partial charge in [0.25, 0.3) is 0 Å². The maximum Gasteiger partial charge on any atom is 0.430 e. The van der Waals surface area contributed by atoms with Crippen LogP contribution >= 0.6 is 0 Å². The second-order valence-corrected chi connectivity index (χ2v) is 5.03. The molecule has 4 nitrogen and oxygen atoms in total. The Morgan fingerprint density at radius 1 is 1.08 bits per heavy atom. The van der Waals surface area contributed by atoms with E-state index in [1.165, 1.54) is 18.2 Å². The van der Waals surface area contributed by atoms with Crippen LogP contribution in [0.25, 0.3) is 6.08 Å². The molecule has 1 atom stereocenters. The second-order valence-electron chi connectivity index (χ2n) is 5.03. The number of hydrogen-bond acceptors (Lipinski definition) is 3. The number of carboxylic acids is 1. The summed E-state index contributed by atoms with van der Waals surface area (Å²) in [6.45, 7) is 0. The second kappa shape index (κ2) is 5.92. The molecule has 0 unspecified atom stereocenters. The number of rotatable bonds is 3. The van der Waals surface area contributed by atoms with Crippen molar-refractivity contribution in [3.63, 3.8) is 0 Å². The summed E-state index contributed by atoms with van der Waals surface area (Å²) in [6, 6.07) is 12.9. The van der Waals surface area contributed by atoms with Crippen molar-refractivity contribution in [2.45, 2.75) is 12.3 Å². The van der Waals surface area contributed by atoms with Gasteiger partial charge >= 0.3 is 12.1 Å². The van der Waals surface area contributed by atoms with Gasteiger partial charge in [-0.25, -0.2) is 4.79 Å². The van der Waals surface area contributed by atoms with Crippen LogP contribution in [0, 0.1) is 0 Å². The van der Waals surface area contributed by atoms with Gasteiger partial charge < -0.3 is 14.6 Å². The molecule has 0 saturated carbocycles. The molecule has 0 aliphatic carbocycles. The predicted molar refractivity (Wildman–Crippen MR) is 79.0 cm³/mol. The first kappa shape index (κ1) is 15.9. The Bertz CT molecular complexity index is 797. The van der Waals surface area contributed by atoms with Crippen molar-refractivity contribution >= 4 is 12.0 Å². The molecule has 0 aromatic heterocycles. The quantitative estimate of drug-likeness (QED) is 0.909. The van der Waals surface area contributed by atoms with E-state index < -0.39 is 23.8 Å². The van der Waals surface area contributed by atoms with Crippen LogP contribution in [0.3, 0.4) is 0 Å². The van der Waals surface area contributed by atoms with Gasteiger partial charge in [-0.3, -0.25) is 0 Å². The van der Waals surface area contributed by atoms with Gasteiger partial charge in [-0.05, 0) is 30.3 Å². The summed E-state index contributed by atoms with van der Waals surface area (Å²) < 4.78 is 49.6. The molecular formula is C17H11F3O4. The lowest BCUT2D eigenvalue weighted by molar-refractivity contribution is -0.187. The summed E-state index contributed by atoms with van der Waals surface area (Å²) in [5, 5.41) is 9.09. The zero-order chi connectivity index (χ0) is 17.3. The lowest BCUT2D eigenvalue weighted by Gasteiger charge is -2.27. The zero-order valence-corrected chi connectivity index (χ0v) is 12.1. The Hall–Kier alpha value is -2.96. The van der Waals surface area contributed by atoms with Crippen LogP contribution in [0.5, 0.6) is 17.2 Å². The first-order valence-corrected chi connectivity index (χ1v) is 6.90. The highest BCUT2D eigenvalue weighted by molar-refractivity contribution is 5.95. The summed E-state index contributed by atoms with van der Waals surface area (Å²) in [7, 11) is 0. The van der Waals surface area contributed by atoms with Crippen LogP contribution in [0.2, 0.25) is 0 Å². The van der Waals surface area contributed by atoms with Crippen LogP contribution in [0.15, 0.2) is 54.1 Å². The predicted octanol–water partition coefficient (Wildman–Crippen LogP) is 4.27. The van der Waals surface area contributed by atoms with Crippen molar-refractivity contribution in [2.24, 2.45) is 0 Å². The fourth-order valence-corrected chi connectivity index (χ4v) is 2.31. The first-order chi connectivity index (χ1) is 11.4. The SMILES string of the molecule is O=C(O)C1=Cc2c(Oc3ccccc3)cccc2O[C@H]1C(F)(F)F. The van der Waals surface area contributed by atoms with E-state index in [1.54, 1.807) is 30.3 Å². The Kier molecular flexibility index (Phi) is 3.92. The number of benzene rings is 2. The summed E-state index contributed by atoms with van der Waals surface area (Å²) in [4.78, 5) is 11.2. The number of carboxylic acid groups (broad SMARTS) is 1. The van der Waals surface area contributed by atoms with E-state index >= 15 is 0 Å². The van der Waals surface area contributed by atoms with Crippen molar-refractivity contribution in [3.8, 4) is 17.2 Å². The van der Waals surface area contributed by atoms with Crippen molar-refractivity contribution in [3.05, 3.63) is 59.7 Å². The van der Waals surface area contributed by atoms with E-state index in [0.29, 0.717) is 5.75 Å². The summed E-state index contributed by atoms with van der Waals surface area (Å²) in [5.41, 5.74) is -0.738. The average molecular weight is 336 g/mol. The topological polar surface area (TPSA) is 55.8 Å². The van der Waals surface area contributed by atoms with Crippen LogP contribution in [0.1, 0.15) is 5.56 Å². The molecule has 1 N–H and O–H groups in total. The molecule has 124 valence electrons. The van der Waals surface area contributed by atoms with Crippen molar-refractivity contribution in [1.29, 1.82) is 0 Å². The minimum absolute atomic E-state index is 0.0873. The number of carbonyl (C=O) groups is 1. The molecule has 2 aromatic rings. The first-order valence-electron chi connectivity index (χ1n) is 6.90. The Labute approximate surface area is 134 Å². The van der Waals surface area contributed by atoms with Crippen LogP contribution in [-0.4, -0.2) is 23.4 Å². The molecule has 0 saturated heterocycles. The maximum absolute atomic E-state index is 13.0. The minimum atomic E-state index is -4.84. The van der Waals surface area contributed by atoms with Gasteiger partial charge in [0.15, 0.2) is 0 Å². The summed E-state index contributed by atoms with van der Waals surface area (Å²) >= 11 is 0. The molecule has 0 fully saturated rings. The van der Waals surface area contributed by atoms with E-state index in [9.17, 15) is 18.0 Å². The number of halogens is 3. The zero-order valence-electron chi connectivity index (χ0n) is 12.1. The third kappa shape index (κ3) is 3.05.